The van der Waals surface area contributed by atoms with Gasteiger partial charge in [0.25, 0.3) is 0 Å². The first-order valence-corrected chi connectivity index (χ1v) is 8.69. The van der Waals surface area contributed by atoms with Crippen LogP contribution in [0.25, 0.3) is 0 Å². The van der Waals surface area contributed by atoms with Crippen molar-refractivity contribution in [2.24, 2.45) is 0 Å². The summed E-state index contributed by atoms with van der Waals surface area (Å²) in [6, 6.07) is 15.9. The molecule has 1 N–H and O–H groups in total. The molecule has 0 spiro atoms. The molecule has 0 bridgehead atoms. The smallest absolute Gasteiger partial charge is 0.207 e. The lowest BCUT2D eigenvalue weighted by Crippen LogP contribution is -2.31. The van der Waals surface area contributed by atoms with E-state index < -0.39 is 10.0 Å². The van der Waals surface area contributed by atoms with Gasteiger partial charge >= 0.3 is 0 Å². The largest absolute Gasteiger partial charge is 0.242 e. The number of nitrogens with one attached hydrogen (secondary N) is 1. The maximum absolute atomic E-state index is 12.6. The summed E-state index contributed by atoms with van der Waals surface area (Å²) in [5.74, 6) is 0. The van der Waals surface area contributed by atoms with Crippen molar-refractivity contribution < 1.29 is 8.42 Å². The molecule has 4 nitrogen and oxygen atoms in total. The second kappa shape index (κ2) is 5.91. The van der Waals surface area contributed by atoms with Gasteiger partial charge in [-0.1, -0.05) is 36.4 Å². The van der Waals surface area contributed by atoms with Gasteiger partial charge in [-0.2, -0.15) is 5.26 Å². The normalized spacial score (nSPS) is 17.5. The molecular formula is C17H16N2O2S. The first-order chi connectivity index (χ1) is 10.6. The monoisotopic (exact) mass is 312 g/mol. The Balaban J connectivity index is 1.95. The zero-order valence-electron chi connectivity index (χ0n) is 12.0. The van der Waals surface area contributed by atoms with Crippen LogP contribution in [0.5, 0.6) is 0 Å². The van der Waals surface area contributed by atoms with Crippen LogP contribution in [0.1, 0.15) is 35.6 Å². The van der Waals surface area contributed by atoms with Gasteiger partial charge in [0.1, 0.15) is 6.07 Å². The van der Waals surface area contributed by atoms with Crippen molar-refractivity contribution in [3.63, 3.8) is 0 Å². The lowest BCUT2D eigenvalue weighted by molar-refractivity contribution is 0.507. The summed E-state index contributed by atoms with van der Waals surface area (Å²) in [5, 5.41) is 9.10. The van der Waals surface area contributed by atoms with Crippen molar-refractivity contribution in [1.82, 2.24) is 4.72 Å². The highest BCUT2D eigenvalue weighted by Gasteiger charge is 2.26. The van der Waals surface area contributed by atoms with Crippen molar-refractivity contribution in [1.29, 1.82) is 5.26 Å². The number of aryl methyl sites for hydroxylation is 1. The average molecular weight is 312 g/mol. The number of fused-ring (bicyclic) bond motifs is 1. The highest BCUT2D eigenvalue weighted by Crippen LogP contribution is 2.31. The van der Waals surface area contributed by atoms with E-state index >= 15 is 0 Å². The molecule has 5 heteroatoms. The van der Waals surface area contributed by atoms with Crippen LogP contribution in [0, 0.1) is 11.3 Å². The molecular weight excluding hydrogens is 296 g/mol. The molecule has 112 valence electrons. The molecule has 0 unspecified atom stereocenters. The minimum atomic E-state index is -3.72. The summed E-state index contributed by atoms with van der Waals surface area (Å²) >= 11 is 0. The molecule has 0 saturated heterocycles. The lowest BCUT2D eigenvalue weighted by atomic mass is 9.88. The van der Waals surface area contributed by atoms with E-state index in [-0.39, 0.29) is 16.5 Å². The molecule has 1 atom stereocenters. The van der Waals surface area contributed by atoms with Crippen molar-refractivity contribution in [2.75, 3.05) is 0 Å². The number of nitriles is 1. The Hall–Kier alpha value is -2.16. The van der Waals surface area contributed by atoms with E-state index in [0.717, 1.165) is 24.8 Å². The average Bonchev–Trinajstić information content (AvgIpc) is 2.55. The van der Waals surface area contributed by atoms with Gasteiger partial charge in [0.15, 0.2) is 0 Å². The van der Waals surface area contributed by atoms with E-state index in [1.165, 1.54) is 17.7 Å². The first-order valence-electron chi connectivity index (χ1n) is 7.21. The maximum atomic E-state index is 12.6. The minimum Gasteiger partial charge on any atom is -0.207 e. The first kappa shape index (κ1) is 14.8. The second-order valence-electron chi connectivity index (χ2n) is 5.37. The number of nitrogens with zero attached hydrogens (tertiary/aromatic N) is 1. The molecule has 2 aromatic rings. The van der Waals surface area contributed by atoms with Crippen LogP contribution in [0.4, 0.5) is 0 Å². The Labute approximate surface area is 130 Å². The molecule has 3 rings (SSSR count). The van der Waals surface area contributed by atoms with Gasteiger partial charge in [0.05, 0.1) is 10.5 Å². The van der Waals surface area contributed by atoms with Gasteiger partial charge in [0, 0.05) is 6.04 Å². The topological polar surface area (TPSA) is 70.0 Å². The highest BCUT2D eigenvalue weighted by molar-refractivity contribution is 7.89. The quantitative estimate of drug-likeness (QED) is 0.947. The predicted octanol–water partition coefficient (Wildman–Crippen LogP) is 2.91. The van der Waals surface area contributed by atoms with Gasteiger partial charge in [0.2, 0.25) is 10.0 Å². The summed E-state index contributed by atoms with van der Waals surface area (Å²) in [6.07, 6.45) is 2.69. The summed E-state index contributed by atoms with van der Waals surface area (Å²) in [7, 11) is -3.72. The third-order valence-electron chi connectivity index (χ3n) is 3.96. The summed E-state index contributed by atoms with van der Waals surface area (Å²) in [6.45, 7) is 0. The highest BCUT2D eigenvalue weighted by atomic mass is 32.2. The van der Waals surface area contributed by atoms with Crippen LogP contribution in [-0.2, 0) is 16.4 Å². The number of hydrogen-bond acceptors (Lipinski definition) is 3. The van der Waals surface area contributed by atoms with Crippen LogP contribution in [0.3, 0.4) is 0 Å². The van der Waals surface area contributed by atoms with Gasteiger partial charge < -0.3 is 0 Å². The lowest BCUT2D eigenvalue weighted by Gasteiger charge is -2.26. The van der Waals surface area contributed by atoms with Crippen molar-refractivity contribution in [2.45, 2.75) is 30.2 Å². The van der Waals surface area contributed by atoms with Gasteiger partial charge in [-0.3, -0.25) is 0 Å². The molecule has 1 aliphatic rings. The zero-order chi connectivity index (χ0) is 15.6. The van der Waals surface area contributed by atoms with Crippen LogP contribution >= 0.6 is 0 Å². The minimum absolute atomic E-state index is 0.0422. The Morgan fingerprint density at radius 2 is 1.82 bits per heavy atom. The summed E-state index contributed by atoms with van der Waals surface area (Å²) < 4.78 is 28.0. The van der Waals surface area contributed by atoms with E-state index in [1.807, 2.05) is 30.3 Å². The summed E-state index contributed by atoms with van der Waals surface area (Å²) in [5.41, 5.74) is 2.39. The van der Waals surface area contributed by atoms with E-state index in [9.17, 15) is 8.42 Å². The maximum Gasteiger partial charge on any atom is 0.242 e. The molecule has 2 aromatic carbocycles. The van der Waals surface area contributed by atoms with E-state index in [0.29, 0.717) is 0 Å². The molecule has 0 radical (unpaired) electrons. The Morgan fingerprint density at radius 3 is 2.64 bits per heavy atom. The van der Waals surface area contributed by atoms with E-state index in [2.05, 4.69) is 4.72 Å². The molecule has 0 saturated carbocycles. The molecule has 0 aliphatic heterocycles. The molecule has 0 amide bonds. The predicted molar refractivity (Wildman–Crippen MR) is 83.6 cm³/mol. The van der Waals surface area contributed by atoms with Gasteiger partial charge in [-0.25, -0.2) is 13.1 Å². The van der Waals surface area contributed by atoms with Crippen LogP contribution in [-0.4, -0.2) is 8.42 Å². The fourth-order valence-corrected chi connectivity index (χ4v) is 4.33. The van der Waals surface area contributed by atoms with Crippen molar-refractivity contribution >= 4 is 10.0 Å². The standard InChI is InChI=1S/C17H16N2O2S/c18-12-14-7-2-4-11-17(14)22(20,21)19-16-10-5-8-13-6-1-3-9-15(13)16/h1-4,6-7,9,11,16,19H,5,8,10H2/t16-/m1/s1. The third-order valence-corrected chi connectivity index (χ3v) is 5.49. The summed E-state index contributed by atoms with van der Waals surface area (Å²) in [4.78, 5) is 0.0422. The Kier molecular flexibility index (Phi) is 3.97. The van der Waals surface area contributed by atoms with Crippen LogP contribution < -0.4 is 4.72 Å². The fraction of sp³-hybridized carbons (Fsp3) is 0.235. The molecule has 0 heterocycles. The second-order valence-corrected chi connectivity index (χ2v) is 7.06. The SMILES string of the molecule is N#Cc1ccccc1S(=O)(=O)N[C@@H]1CCCc2ccccc21. The Morgan fingerprint density at radius 1 is 1.09 bits per heavy atom. The number of sulfonamides is 1. The molecule has 0 aromatic heterocycles. The van der Waals surface area contributed by atoms with E-state index in [4.69, 9.17) is 5.26 Å². The number of rotatable bonds is 3. The van der Waals surface area contributed by atoms with Crippen LogP contribution in [0.2, 0.25) is 0 Å². The molecule has 0 fully saturated rings. The number of hydrogen-bond donors (Lipinski definition) is 1. The van der Waals surface area contributed by atoms with Gasteiger partial charge in [-0.05, 0) is 42.5 Å². The third kappa shape index (κ3) is 2.76. The molecule has 22 heavy (non-hydrogen) atoms. The van der Waals surface area contributed by atoms with Gasteiger partial charge in [-0.15, -0.1) is 0 Å². The fourth-order valence-electron chi connectivity index (χ4n) is 2.92. The zero-order valence-corrected chi connectivity index (χ0v) is 12.8. The van der Waals surface area contributed by atoms with Crippen molar-refractivity contribution in [3.8, 4) is 6.07 Å². The Bertz CT molecular complexity index is 838. The van der Waals surface area contributed by atoms with Crippen LogP contribution in [0.15, 0.2) is 53.4 Å². The molecule has 1 aliphatic carbocycles. The number of benzene rings is 2. The van der Waals surface area contributed by atoms with Crippen molar-refractivity contribution in [3.05, 3.63) is 65.2 Å². The van der Waals surface area contributed by atoms with E-state index in [1.54, 1.807) is 12.1 Å².